The van der Waals surface area contributed by atoms with E-state index in [1.54, 1.807) is 0 Å². The third kappa shape index (κ3) is 2.48. The van der Waals surface area contributed by atoms with Gasteiger partial charge in [-0.1, -0.05) is 49.7 Å². The molecule has 0 radical (unpaired) electrons. The Hall–Kier alpha value is -0.870. The first kappa shape index (κ1) is 20.1. The first-order valence-corrected chi connectivity index (χ1v) is 11.6. The molecule has 3 saturated carbocycles. The van der Waals surface area contributed by atoms with Crippen LogP contribution < -0.4 is 0 Å². The van der Waals surface area contributed by atoms with Gasteiger partial charge in [0.2, 0.25) is 0 Å². The number of aliphatic hydroxyl groups is 3. The molecule has 29 heavy (non-hydrogen) atoms. The normalized spacial score (nSPS) is 51.2. The summed E-state index contributed by atoms with van der Waals surface area (Å²) in [4.78, 5) is 0. The fraction of sp³-hybridized carbons (Fsp3) is 0.680. The van der Waals surface area contributed by atoms with E-state index in [0.29, 0.717) is 29.7 Å². The fourth-order valence-corrected chi connectivity index (χ4v) is 8.09. The second-order valence-corrected chi connectivity index (χ2v) is 11.1. The maximum atomic E-state index is 12.2. The number of hydrogen-bond acceptors (Lipinski definition) is 3. The van der Waals surface area contributed by atoms with Crippen molar-refractivity contribution in [1.82, 2.24) is 0 Å². The van der Waals surface area contributed by atoms with Crippen LogP contribution in [0.3, 0.4) is 0 Å². The van der Waals surface area contributed by atoms with Crippen LogP contribution in [0, 0.1) is 28.6 Å². The second-order valence-electron chi connectivity index (χ2n) is 10.7. The van der Waals surface area contributed by atoms with Gasteiger partial charge in [0.25, 0.3) is 0 Å². The quantitative estimate of drug-likeness (QED) is 0.575. The number of hydrogen-bond donors (Lipinski definition) is 3. The van der Waals surface area contributed by atoms with Crippen molar-refractivity contribution in [2.75, 3.05) is 0 Å². The molecule has 0 bridgehead atoms. The minimum Gasteiger partial charge on any atom is -0.389 e. The van der Waals surface area contributed by atoms with Gasteiger partial charge in [0.1, 0.15) is 0 Å². The summed E-state index contributed by atoms with van der Waals surface area (Å²) in [5, 5.41) is 35.0. The number of aliphatic hydroxyl groups excluding tert-OH is 1. The van der Waals surface area contributed by atoms with Gasteiger partial charge in [0, 0.05) is 10.4 Å². The Bertz CT molecular complexity index is 837. The highest BCUT2D eigenvalue weighted by atomic mass is 35.5. The van der Waals surface area contributed by atoms with E-state index in [0.717, 1.165) is 37.7 Å². The Kier molecular flexibility index (Phi) is 4.37. The highest BCUT2D eigenvalue weighted by molar-refractivity contribution is 6.30. The van der Waals surface area contributed by atoms with E-state index in [2.05, 4.69) is 19.9 Å². The lowest BCUT2D eigenvalue weighted by molar-refractivity contribution is -0.229. The summed E-state index contributed by atoms with van der Waals surface area (Å²) in [7, 11) is 0. The summed E-state index contributed by atoms with van der Waals surface area (Å²) in [5.74, 6) is 1.06. The third-order valence-corrected chi connectivity index (χ3v) is 10.1. The number of rotatable bonds is 1. The standard InChI is InChI=1S/C25H33ClO3/c1-22-11-9-19(27)15-17(22)5-8-21-20(22)10-12-23(2)24(28,13-14-25(21,23)29)16-3-6-18(26)7-4-16/h3-4,6-7,9,11,17,19-21,27-29H,5,8,10,12-15H2,1-2H3/t17?,19?,20-,21-,22+,23-,24?,25-/m1/s1. The van der Waals surface area contributed by atoms with Crippen molar-refractivity contribution >= 4 is 11.6 Å². The lowest BCUT2D eigenvalue weighted by Crippen LogP contribution is -2.64. The van der Waals surface area contributed by atoms with Crippen LogP contribution in [0.5, 0.6) is 0 Å². The largest absolute Gasteiger partial charge is 0.389 e. The molecule has 1 aromatic rings. The van der Waals surface area contributed by atoms with E-state index in [-0.39, 0.29) is 17.4 Å². The van der Waals surface area contributed by atoms with E-state index < -0.39 is 16.6 Å². The topological polar surface area (TPSA) is 60.7 Å². The monoisotopic (exact) mass is 416 g/mol. The van der Waals surface area contributed by atoms with Crippen LogP contribution in [0.25, 0.3) is 0 Å². The molecule has 0 spiro atoms. The van der Waals surface area contributed by atoms with Gasteiger partial charge in [-0.3, -0.25) is 0 Å². The van der Waals surface area contributed by atoms with Crippen LogP contribution >= 0.6 is 11.6 Å². The zero-order valence-corrected chi connectivity index (χ0v) is 18.2. The number of fused-ring (bicyclic) bond motifs is 5. The van der Waals surface area contributed by atoms with Crippen LogP contribution in [0.2, 0.25) is 5.02 Å². The number of benzene rings is 1. The van der Waals surface area contributed by atoms with E-state index in [1.807, 2.05) is 30.3 Å². The summed E-state index contributed by atoms with van der Waals surface area (Å²) >= 11 is 6.09. The van der Waals surface area contributed by atoms with Gasteiger partial charge < -0.3 is 15.3 Å². The molecule has 0 saturated heterocycles. The molecule has 4 heteroatoms. The molecule has 4 aliphatic carbocycles. The smallest absolute Gasteiger partial charge is 0.0978 e. The molecule has 0 amide bonds. The van der Waals surface area contributed by atoms with Crippen LogP contribution in [0.15, 0.2) is 36.4 Å². The minimum absolute atomic E-state index is 0.0280. The molecular formula is C25H33ClO3. The SMILES string of the molecule is C[C@]12C=CC(O)CC1CC[C@@H]1[C@H]2CC[C@]2(C)C(O)(c3ccc(Cl)cc3)CC[C@@]12O. The minimum atomic E-state index is -1.03. The van der Waals surface area contributed by atoms with Crippen LogP contribution in [0.4, 0.5) is 0 Å². The summed E-state index contributed by atoms with van der Waals surface area (Å²) in [6.45, 7) is 4.45. The molecule has 8 atom stereocenters. The molecule has 4 aliphatic rings. The van der Waals surface area contributed by atoms with Gasteiger partial charge in [-0.15, -0.1) is 0 Å². The highest BCUT2D eigenvalue weighted by Gasteiger charge is 2.71. The molecule has 0 heterocycles. The van der Waals surface area contributed by atoms with Crippen molar-refractivity contribution < 1.29 is 15.3 Å². The Balaban J connectivity index is 1.54. The first-order valence-electron chi connectivity index (χ1n) is 11.2. The molecule has 1 aromatic carbocycles. The van der Waals surface area contributed by atoms with Gasteiger partial charge >= 0.3 is 0 Å². The Morgan fingerprint density at radius 2 is 1.66 bits per heavy atom. The maximum absolute atomic E-state index is 12.2. The summed E-state index contributed by atoms with van der Waals surface area (Å²) in [6.07, 6.45) is 9.77. The van der Waals surface area contributed by atoms with Crippen molar-refractivity contribution in [2.24, 2.45) is 28.6 Å². The van der Waals surface area contributed by atoms with Gasteiger partial charge in [0.05, 0.1) is 17.3 Å². The van der Waals surface area contributed by atoms with Gasteiger partial charge in [-0.2, -0.15) is 0 Å². The highest BCUT2D eigenvalue weighted by Crippen LogP contribution is 2.71. The Labute approximate surface area is 178 Å². The van der Waals surface area contributed by atoms with Crippen molar-refractivity contribution in [3.63, 3.8) is 0 Å². The van der Waals surface area contributed by atoms with Crippen molar-refractivity contribution in [2.45, 2.75) is 76.1 Å². The zero-order valence-electron chi connectivity index (χ0n) is 17.4. The first-order chi connectivity index (χ1) is 13.6. The van der Waals surface area contributed by atoms with Gasteiger partial charge in [0.15, 0.2) is 0 Å². The van der Waals surface area contributed by atoms with Gasteiger partial charge in [-0.25, -0.2) is 0 Å². The number of halogens is 1. The van der Waals surface area contributed by atoms with Crippen molar-refractivity contribution in [3.05, 3.63) is 47.0 Å². The zero-order chi connectivity index (χ0) is 20.7. The Morgan fingerprint density at radius 1 is 0.931 bits per heavy atom. The molecule has 5 rings (SSSR count). The average Bonchev–Trinajstić information content (AvgIpc) is 2.91. The predicted molar refractivity (Wildman–Crippen MR) is 114 cm³/mol. The summed E-state index contributed by atoms with van der Waals surface area (Å²) < 4.78 is 0. The molecule has 3 nitrogen and oxygen atoms in total. The molecule has 3 fully saturated rings. The molecule has 0 aromatic heterocycles. The maximum Gasteiger partial charge on any atom is 0.0978 e. The van der Waals surface area contributed by atoms with E-state index in [1.165, 1.54) is 0 Å². The fourth-order valence-electron chi connectivity index (χ4n) is 7.96. The molecule has 3 unspecified atom stereocenters. The van der Waals surface area contributed by atoms with E-state index >= 15 is 0 Å². The van der Waals surface area contributed by atoms with Crippen LogP contribution in [0.1, 0.15) is 64.4 Å². The Morgan fingerprint density at radius 3 is 2.38 bits per heavy atom. The molecular weight excluding hydrogens is 384 g/mol. The van der Waals surface area contributed by atoms with Crippen molar-refractivity contribution in [3.8, 4) is 0 Å². The lowest BCUT2D eigenvalue weighted by atomic mass is 9.43. The average molecular weight is 417 g/mol. The van der Waals surface area contributed by atoms with E-state index in [4.69, 9.17) is 11.6 Å². The van der Waals surface area contributed by atoms with Crippen molar-refractivity contribution in [1.29, 1.82) is 0 Å². The van der Waals surface area contributed by atoms with E-state index in [9.17, 15) is 15.3 Å². The van der Waals surface area contributed by atoms with Crippen LogP contribution in [-0.2, 0) is 5.60 Å². The summed E-state index contributed by atoms with van der Waals surface area (Å²) in [5.41, 5.74) is -1.58. The predicted octanol–water partition coefficient (Wildman–Crippen LogP) is 4.82. The van der Waals surface area contributed by atoms with Gasteiger partial charge in [-0.05, 0) is 85.8 Å². The second kappa shape index (κ2) is 6.32. The molecule has 0 aliphatic heterocycles. The van der Waals surface area contributed by atoms with Crippen LogP contribution in [-0.4, -0.2) is 27.0 Å². The third-order valence-electron chi connectivity index (χ3n) is 9.82. The number of allylic oxidation sites excluding steroid dienone is 1. The summed E-state index contributed by atoms with van der Waals surface area (Å²) in [6, 6.07) is 7.53. The lowest BCUT2D eigenvalue weighted by Gasteiger charge is -2.63. The molecule has 158 valence electrons. The molecule has 3 N–H and O–H groups in total.